The third-order valence-electron chi connectivity index (χ3n) is 2.94. The van der Waals surface area contributed by atoms with E-state index in [4.69, 9.17) is 5.73 Å². The molecule has 2 amide bonds. The fourth-order valence-electron chi connectivity index (χ4n) is 1.88. The van der Waals surface area contributed by atoms with Crippen LogP contribution in [0.5, 0.6) is 0 Å². The van der Waals surface area contributed by atoms with Crippen LogP contribution in [0, 0.1) is 6.92 Å². The van der Waals surface area contributed by atoms with E-state index in [9.17, 15) is 14.4 Å². The standard InChI is InChI=1S/C15H14N2O4S2/c1-8-11(13(16)19)14(23-12(8)15(20)21-2)17-10(18)6-5-9-4-3-7-22-9/h3-7H,1-2H3,(H2,16,19)(H,17,18)/b6-5+. The lowest BCUT2D eigenvalue weighted by Crippen LogP contribution is -2.16. The van der Waals surface area contributed by atoms with Gasteiger partial charge in [0.1, 0.15) is 9.88 Å². The topological polar surface area (TPSA) is 98.5 Å². The molecule has 3 N–H and O–H groups in total. The lowest BCUT2D eigenvalue weighted by molar-refractivity contribution is -0.111. The number of hydrogen-bond acceptors (Lipinski definition) is 6. The number of primary amides is 1. The molecule has 0 aromatic carbocycles. The lowest BCUT2D eigenvalue weighted by atomic mass is 10.1. The summed E-state index contributed by atoms with van der Waals surface area (Å²) in [6, 6.07) is 3.74. The third kappa shape index (κ3) is 3.85. The smallest absolute Gasteiger partial charge is 0.348 e. The average molecular weight is 350 g/mol. The predicted molar refractivity (Wildman–Crippen MR) is 90.9 cm³/mol. The van der Waals surface area contributed by atoms with Gasteiger partial charge >= 0.3 is 5.97 Å². The van der Waals surface area contributed by atoms with Gasteiger partial charge in [0.2, 0.25) is 5.91 Å². The third-order valence-corrected chi connectivity index (χ3v) is 4.97. The van der Waals surface area contributed by atoms with Crippen molar-refractivity contribution in [3.05, 3.63) is 44.5 Å². The van der Waals surface area contributed by atoms with E-state index in [1.165, 1.54) is 24.5 Å². The number of esters is 1. The van der Waals surface area contributed by atoms with Gasteiger partial charge in [-0.25, -0.2) is 4.79 Å². The van der Waals surface area contributed by atoms with Gasteiger partial charge in [0.15, 0.2) is 0 Å². The van der Waals surface area contributed by atoms with E-state index in [0.717, 1.165) is 16.2 Å². The highest BCUT2D eigenvalue weighted by Gasteiger charge is 2.24. The maximum atomic E-state index is 12.0. The lowest BCUT2D eigenvalue weighted by Gasteiger charge is -2.01. The Bertz CT molecular complexity index is 776. The first-order valence-electron chi connectivity index (χ1n) is 6.48. The average Bonchev–Trinajstić information content (AvgIpc) is 3.12. The Morgan fingerprint density at radius 3 is 2.65 bits per heavy atom. The molecule has 0 spiro atoms. The molecule has 23 heavy (non-hydrogen) atoms. The van der Waals surface area contributed by atoms with Crippen molar-refractivity contribution in [2.45, 2.75) is 6.92 Å². The van der Waals surface area contributed by atoms with Gasteiger partial charge in [0, 0.05) is 11.0 Å². The van der Waals surface area contributed by atoms with Crippen molar-refractivity contribution in [3.63, 3.8) is 0 Å². The van der Waals surface area contributed by atoms with Gasteiger partial charge in [-0.3, -0.25) is 9.59 Å². The highest BCUT2D eigenvalue weighted by molar-refractivity contribution is 7.18. The molecule has 2 aromatic rings. The van der Waals surface area contributed by atoms with E-state index in [1.807, 2.05) is 17.5 Å². The molecule has 2 rings (SSSR count). The summed E-state index contributed by atoms with van der Waals surface area (Å²) >= 11 is 2.45. The number of thiophene rings is 2. The van der Waals surface area contributed by atoms with E-state index >= 15 is 0 Å². The summed E-state index contributed by atoms with van der Waals surface area (Å²) in [4.78, 5) is 36.4. The second-order valence-corrected chi connectivity index (χ2v) is 6.45. The van der Waals surface area contributed by atoms with Crippen LogP contribution in [0.4, 0.5) is 5.00 Å². The van der Waals surface area contributed by atoms with Gasteiger partial charge in [-0.2, -0.15) is 0 Å². The van der Waals surface area contributed by atoms with Crippen LogP contribution in [-0.4, -0.2) is 24.9 Å². The molecule has 0 unspecified atom stereocenters. The second-order valence-electron chi connectivity index (χ2n) is 4.45. The predicted octanol–water partition coefficient (Wildman–Crippen LogP) is 2.66. The van der Waals surface area contributed by atoms with Gasteiger partial charge in [-0.15, -0.1) is 22.7 Å². The number of methoxy groups -OCH3 is 1. The Morgan fingerprint density at radius 1 is 1.35 bits per heavy atom. The molecule has 0 saturated carbocycles. The van der Waals surface area contributed by atoms with Crippen molar-refractivity contribution >= 4 is 51.5 Å². The largest absolute Gasteiger partial charge is 0.465 e. The van der Waals surface area contributed by atoms with E-state index in [0.29, 0.717) is 5.56 Å². The first-order valence-corrected chi connectivity index (χ1v) is 8.17. The number of carbonyl (C=O) groups excluding carboxylic acids is 3. The summed E-state index contributed by atoms with van der Waals surface area (Å²) in [5.41, 5.74) is 5.86. The molecule has 0 aliphatic heterocycles. The minimum Gasteiger partial charge on any atom is -0.465 e. The van der Waals surface area contributed by atoms with Crippen LogP contribution in [0.25, 0.3) is 6.08 Å². The summed E-state index contributed by atoms with van der Waals surface area (Å²) in [7, 11) is 1.24. The fourth-order valence-corrected chi connectivity index (χ4v) is 3.63. The molecule has 0 bridgehead atoms. The van der Waals surface area contributed by atoms with Crippen molar-refractivity contribution in [1.29, 1.82) is 0 Å². The summed E-state index contributed by atoms with van der Waals surface area (Å²) in [6.45, 7) is 1.58. The second kappa shape index (κ2) is 7.21. The zero-order chi connectivity index (χ0) is 17.0. The molecule has 2 heterocycles. The summed E-state index contributed by atoms with van der Waals surface area (Å²) in [6.07, 6.45) is 3.01. The molecule has 8 heteroatoms. The zero-order valence-electron chi connectivity index (χ0n) is 12.4. The highest BCUT2D eigenvalue weighted by Crippen LogP contribution is 2.33. The van der Waals surface area contributed by atoms with Crippen LogP contribution in [0.15, 0.2) is 23.6 Å². The van der Waals surface area contributed by atoms with Crippen LogP contribution in [0.3, 0.4) is 0 Å². The summed E-state index contributed by atoms with van der Waals surface area (Å²) in [5, 5.41) is 4.71. The van der Waals surface area contributed by atoms with Gasteiger partial charge in [-0.1, -0.05) is 6.07 Å². The van der Waals surface area contributed by atoms with Gasteiger partial charge in [0.05, 0.1) is 12.7 Å². The number of amides is 2. The van der Waals surface area contributed by atoms with Gasteiger partial charge < -0.3 is 15.8 Å². The maximum absolute atomic E-state index is 12.0. The van der Waals surface area contributed by atoms with Crippen molar-refractivity contribution < 1.29 is 19.1 Å². The number of rotatable bonds is 5. The Morgan fingerprint density at radius 2 is 2.09 bits per heavy atom. The summed E-state index contributed by atoms with van der Waals surface area (Å²) < 4.78 is 4.66. The number of nitrogens with two attached hydrogens (primary N) is 1. The molecule has 0 aliphatic carbocycles. The van der Waals surface area contributed by atoms with Crippen molar-refractivity contribution in [2.75, 3.05) is 12.4 Å². The maximum Gasteiger partial charge on any atom is 0.348 e. The quantitative estimate of drug-likeness (QED) is 0.640. The van der Waals surface area contributed by atoms with E-state index < -0.39 is 17.8 Å². The Hall–Kier alpha value is -2.45. The Kier molecular flexibility index (Phi) is 5.30. The van der Waals surface area contributed by atoms with Crippen molar-refractivity contribution in [1.82, 2.24) is 0 Å². The number of carbonyl (C=O) groups is 3. The first kappa shape index (κ1) is 16.9. The highest BCUT2D eigenvalue weighted by atomic mass is 32.1. The minimum absolute atomic E-state index is 0.119. The molecule has 2 aromatic heterocycles. The Labute approximate surface area is 140 Å². The van der Waals surface area contributed by atoms with Crippen molar-refractivity contribution in [2.24, 2.45) is 5.73 Å². The minimum atomic E-state index is -0.716. The molecule has 120 valence electrons. The monoisotopic (exact) mass is 350 g/mol. The van der Waals surface area contributed by atoms with E-state index in [2.05, 4.69) is 10.1 Å². The van der Waals surface area contributed by atoms with Crippen LogP contribution in [0.1, 0.15) is 30.5 Å². The number of nitrogens with one attached hydrogen (secondary N) is 1. The zero-order valence-corrected chi connectivity index (χ0v) is 14.0. The van der Waals surface area contributed by atoms with E-state index in [1.54, 1.807) is 13.0 Å². The van der Waals surface area contributed by atoms with E-state index in [-0.39, 0.29) is 15.4 Å². The Balaban J connectivity index is 2.26. The van der Waals surface area contributed by atoms with Gasteiger partial charge in [-0.05, 0) is 30.0 Å². The van der Waals surface area contributed by atoms with Crippen LogP contribution >= 0.6 is 22.7 Å². The summed E-state index contributed by atoms with van der Waals surface area (Å²) in [5.74, 6) is -1.71. The fraction of sp³-hybridized carbons (Fsp3) is 0.133. The molecule has 0 saturated heterocycles. The number of hydrogen-bond donors (Lipinski definition) is 2. The molecular weight excluding hydrogens is 336 g/mol. The van der Waals surface area contributed by atoms with Crippen LogP contribution in [0.2, 0.25) is 0 Å². The molecule has 0 radical (unpaired) electrons. The number of anilines is 1. The SMILES string of the molecule is COC(=O)c1sc(NC(=O)/C=C/c2cccs2)c(C(N)=O)c1C. The molecule has 6 nitrogen and oxygen atoms in total. The molecule has 0 atom stereocenters. The van der Waals surface area contributed by atoms with Gasteiger partial charge in [0.25, 0.3) is 5.91 Å². The molecule has 0 fully saturated rings. The normalized spacial score (nSPS) is 10.7. The van der Waals surface area contributed by atoms with Crippen LogP contribution in [-0.2, 0) is 9.53 Å². The van der Waals surface area contributed by atoms with Crippen molar-refractivity contribution in [3.8, 4) is 0 Å². The molecular formula is C15H14N2O4S2. The van der Waals surface area contributed by atoms with Crippen LogP contribution < -0.4 is 11.1 Å². The number of ether oxygens (including phenoxy) is 1. The first-order chi connectivity index (χ1) is 10.9. The molecule has 0 aliphatic rings.